The molecule has 6 nitrogen and oxygen atoms in total. The predicted molar refractivity (Wildman–Crippen MR) is 106 cm³/mol. The van der Waals surface area contributed by atoms with Gasteiger partial charge in [0, 0.05) is 11.2 Å². The monoisotopic (exact) mass is 455 g/mol. The Morgan fingerprint density at radius 3 is 2.50 bits per heavy atom. The molecule has 0 aliphatic heterocycles. The van der Waals surface area contributed by atoms with Crippen molar-refractivity contribution in [1.82, 2.24) is 19.6 Å². The maximum atomic E-state index is 12.3. The fraction of sp³-hybridized carbons (Fsp3) is 0.235. The van der Waals surface area contributed by atoms with Gasteiger partial charge in [0.1, 0.15) is 11.6 Å². The Bertz CT molecular complexity index is 949. The summed E-state index contributed by atoms with van der Waals surface area (Å²) in [5, 5.41) is 12.4. The molecule has 0 fully saturated rings. The van der Waals surface area contributed by atoms with Crippen molar-refractivity contribution in [1.29, 1.82) is 0 Å². The Labute approximate surface area is 169 Å². The summed E-state index contributed by atoms with van der Waals surface area (Å²) < 4.78 is 4.20. The molecule has 2 heterocycles. The minimum absolute atomic E-state index is 0.0820. The molecule has 0 saturated carbocycles. The number of carbonyl (C=O) groups excluding carboxylic acids is 1. The van der Waals surface area contributed by atoms with Crippen LogP contribution in [0.4, 0.5) is 5.82 Å². The van der Waals surface area contributed by atoms with E-state index in [9.17, 15) is 4.79 Å². The molecule has 1 aromatic carbocycles. The highest BCUT2D eigenvalue weighted by atomic mass is 79.9. The van der Waals surface area contributed by atoms with Crippen molar-refractivity contribution in [3.63, 3.8) is 0 Å². The van der Waals surface area contributed by atoms with Crippen LogP contribution in [0.2, 0.25) is 10.0 Å². The molecule has 0 bridgehead atoms. The van der Waals surface area contributed by atoms with Crippen LogP contribution < -0.4 is 5.32 Å². The van der Waals surface area contributed by atoms with Gasteiger partial charge in [0.2, 0.25) is 5.91 Å². The number of halogens is 3. The van der Waals surface area contributed by atoms with E-state index in [1.165, 1.54) is 0 Å². The molecule has 0 unspecified atom stereocenters. The number of rotatable bonds is 5. The van der Waals surface area contributed by atoms with Crippen molar-refractivity contribution in [2.24, 2.45) is 0 Å². The lowest BCUT2D eigenvalue weighted by Gasteiger charge is -2.05. The van der Waals surface area contributed by atoms with E-state index in [0.29, 0.717) is 22.4 Å². The maximum absolute atomic E-state index is 12.3. The lowest BCUT2D eigenvalue weighted by Crippen LogP contribution is -2.21. The third-order valence-corrected chi connectivity index (χ3v) is 5.50. The van der Waals surface area contributed by atoms with E-state index in [1.54, 1.807) is 15.6 Å². The largest absolute Gasteiger partial charge is 0.306 e. The minimum Gasteiger partial charge on any atom is -0.306 e. The van der Waals surface area contributed by atoms with Crippen molar-refractivity contribution in [3.05, 3.63) is 61.9 Å². The van der Waals surface area contributed by atoms with Gasteiger partial charge < -0.3 is 5.32 Å². The highest BCUT2D eigenvalue weighted by Crippen LogP contribution is 2.22. The first kappa shape index (κ1) is 18.9. The van der Waals surface area contributed by atoms with Crippen LogP contribution in [0, 0.1) is 13.8 Å². The van der Waals surface area contributed by atoms with Gasteiger partial charge in [-0.05, 0) is 47.5 Å². The van der Waals surface area contributed by atoms with Gasteiger partial charge in [0.25, 0.3) is 0 Å². The molecule has 136 valence electrons. The molecule has 0 aliphatic carbocycles. The quantitative estimate of drug-likeness (QED) is 0.616. The van der Waals surface area contributed by atoms with E-state index in [1.807, 2.05) is 38.1 Å². The Kier molecular flexibility index (Phi) is 5.70. The van der Waals surface area contributed by atoms with Gasteiger partial charge in [0.15, 0.2) is 5.82 Å². The summed E-state index contributed by atoms with van der Waals surface area (Å²) in [6.45, 7) is 4.38. The highest BCUT2D eigenvalue weighted by Gasteiger charge is 2.15. The van der Waals surface area contributed by atoms with E-state index in [2.05, 4.69) is 31.4 Å². The Balaban J connectivity index is 1.68. The third kappa shape index (κ3) is 4.28. The van der Waals surface area contributed by atoms with Gasteiger partial charge in [-0.1, -0.05) is 35.3 Å². The SMILES string of the molecule is Cc1nn(CC(=O)Nc2nn(Cc3ccc(Cl)cc3)cc2Cl)c(C)c1Br. The van der Waals surface area contributed by atoms with Crippen LogP contribution in [-0.2, 0) is 17.9 Å². The van der Waals surface area contributed by atoms with Crippen LogP contribution in [-0.4, -0.2) is 25.5 Å². The number of nitrogens with one attached hydrogen (secondary N) is 1. The molecule has 3 rings (SSSR count). The molecular formula is C17H16BrCl2N5O. The van der Waals surface area contributed by atoms with Crippen molar-refractivity contribution in [2.45, 2.75) is 26.9 Å². The minimum atomic E-state index is -0.248. The van der Waals surface area contributed by atoms with Crippen LogP contribution >= 0.6 is 39.1 Å². The Morgan fingerprint density at radius 1 is 1.19 bits per heavy atom. The van der Waals surface area contributed by atoms with Gasteiger partial charge in [-0.15, -0.1) is 0 Å². The summed E-state index contributed by atoms with van der Waals surface area (Å²) in [7, 11) is 0. The summed E-state index contributed by atoms with van der Waals surface area (Å²) in [6, 6.07) is 7.46. The Hall–Kier alpha value is -1.83. The van der Waals surface area contributed by atoms with E-state index < -0.39 is 0 Å². The van der Waals surface area contributed by atoms with Crippen molar-refractivity contribution < 1.29 is 4.79 Å². The van der Waals surface area contributed by atoms with Gasteiger partial charge in [-0.25, -0.2) is 0 Å². The van der Waals surface area contributed by atoms with Gasteiger partial charge in [-0.2, -0.15) is 10.2 Å². The highest BCUT2D eigenvalue weighted by molar-refractivity contribution is 9.10. The molecule has 0 radical (unpaired) electrons. The smallest absolute Gasteiger partial charge is 0.247 e. The van der Waals surface area contributed by atoms with Crippen LogP contribution in [0.25, 0.3) is 0 Å². The standard InChI is InChI=1S/C17H16BrCl2N5O/c1-10-16(18)11(2)25(22-10)9-15(26)21-17-14(20)8-24(23-17)7-12-3-5-13(19)6-4-12/h3-6,8H,7,9H2,1-2H3,(H,21,23,26). The first-order valence-electron chi connectivity index (χ1n) is 7.80. The summed E-state index contributed by atoms with van der Waals surface area (Å²) >= 11 is 15.5. The summed E-state index contributed by atoms with van der Waals surface area (Å²) in [6.07, 6.45) is 1.67. The molecule has 0 saturated heterocycles. The summed E-state index contributed by atoms with van der Waals surface area (Å²) in [5.74, 6) is 0.0768. The average Bonchev–Trinajstić information content (AvgIpc) is 3.04. The number of anilines is 1. The number of nitrogens with zero attached hydrogens (tertiary/aromatic N) is 4. The zero-order chi connectivity index (χ0) is 18.8. The van der Waals surface area contributed by atoms with E-state index in [4.69, 9.17) is 23.2 Å². The zero-order valence-corrected chi connectivity index (χ0v) is 17.2. The topological polar surface area (TPSA) is 64.7 Å². The fourth-order valence-electron chi connectivity index (χ4n) is 2.48. The lowest BCUT2D eigenvalue weighted by molar-refractivity contribution is -0.117. The van der Waals surface area contributed by atoms with E-state index >= 15 is 0 Å². The number of amides is 1. The number of hydrogen-bond acceptors (Lipinski definition) is 3. The van der Waals surface area contributed by atoms with E-state index in [0.717, 1.165) is 21.4 Å². The molecule has 3 aromatic rings. The van der Waals surface area contributed by atoms with Crippen molar-refractivity contribution in [3.8, 4) is 0 Å². The second-order valence-corrected chi connectivity index (χ2v) is 7.48. The van der Waals surface area contributed by atoms with Crippen LogP contribution in [0.15, 0.2) is 34.9 Å². The maximum Gasteiger partial charge on any atom is 0.247 e. The zero-order valence-electron chi connectivity index (χ0n) is 14.1. The average molecular weight is 457 g/mol. The molecule has 0 spiro atoms. The van der Waals surface area contributed by atoms with Crippen molar-refractivity contribution >= 4 is 50.9 Å². The number of carbonyl (C=O) groups is 1. The first-order valence-corrected chi connectivity index (χ1v) is 9.35. The Morgan fingerprint density at radius 2 is 1.88 bits per heavy atom. The van der Waals surface area contributed by atoms with Crippen LogP contribution in [0.3, 0.4) is 0 Å². The third-order valence-electron chi connectivity index (χ3n) is 3.82. The molecule has 1 N–H and O–H groups in total. The summed E-state index contributed by atoms with van der Waals surface area (Å²) in [5.41, 5.74) is 2.75. The number of benzene rings is 1. The molecule has 9 heteroatoms. The second kappa shape index (κ2) is 7.82. The first-order chi connectivity index (χ1) is 12.3. The number of hydrogen-bond donors (Lipinski definition) is 1. The fourth-order valence-corrected chi connectivity index (χ4v) is 3.08. The lowest BCUT2D eigenvalue weighted by atomic mass is 10.2. The van der Waals surface area contributed by atoms with Gasteiger partial charge >= 0.3 is 0 Å². The van der Waals surface area contributed by atoms with Crippen molar-refractivity contribution in [2.75, 3.05) is 5.32 Å². The number of aromatic nitrogens is 4. The van der Waals surface area contributed by atoms with Crippen LogP contribution in [0.5, 0.6) is 0 Å². The molecule has 2 aromatic heterocycles. The molecule has 1 amide bonds. The predicted octanol–water partition coefficient (Wildman–Crippen LogP) is 4.45. The van der Waals surface area contributed by atoms with Gasteiger partial charge in [-0.3, -0.25) is 14.2 Å². The van der Waals surface area contributed by atoms with E-state index in [-0.39, 0.29) is 12.5 Å². The van der Waals surface area contributed by atoms with Gasteiger partial charge in [0.05, 0.1) is 22.4 Å². The molecule has 26 heavy (non-hydrogen) atoms. The van der Waals surface area contributed by atoms with Crippen LogP contribution in [0.1, 0.15) is 17.0 Å². The normalized spacial score (nSPS) is 11.0. The molecule has 0 atom stereocenters. The molecular weight excluding hydrogens is 441 g/mol. The molecule has 0 aliphatic rings. The second-order valence-electron chi connectivity index (χ2n) is 5.84. The summed E-state index contributed by atoms with van der Waals surface area (Å²) in [4.78, 5) is 12.3. The number of aryl methyl sites for hydroxylation is 1.